The lowest BCUT2D eigenvalue weighted by Gasteiger charge is -2.16. The second kappa shape index (κ2) is 5.75. The largest absolute Gasteiger partial charge is 0.271 e. The van der Waals surface area contributed by atoms with Gasteiger partial charge in [-0.15, -0.1) is 0 Å². The summed E-state index contributed by atoms with van der Waals surface area (Å²) >= 11 is 5.24. The van der Waals surface area contributed by atoms with Crippen LogP contribution in [-0.4, -0.2) is 21.8 Å². The first-order chi connectivity index (χ1) is 6.74. The van der Waals surface area contributed by atoms with Crippen LogP contribution in [0.5, 0.6) is 0 Å². The van der Waals surface area contributed by atoms with Crippen LogP contribution in [-0.2, 0) is 6.54 Å². The third kappa shape index (κ3) is 2.50. The summed E-state index contributed by atoms with van der Waals surface area (Å²) in [6.45, 7) is 2.92. The average molecular weight is 279 g/mol. The van der Waals surface area contributed by atoms with Gasteiger partial charge in [-0.3, -0.25) is 16.0 Å². The van der Waals surface area contributed by atoms with E-state index in [2.05, 4.69) is 39.6 Å². The van der Waals surface area contributed by atoms with Crippen molar-refractivity contribution in [2.24, 2.45) is 5.84 Å². The van der Waals surface area contributed by atoms with Gasteiger partial charge in [-0.1, -0.05) is 0 Å². The number of aryl methyl sites for hydroxylation is 1. The third-order valence-corrected chi connectivity index (χ3v) is 3.28. The summed E-state index contributed by atoms with van der Waals surface area (Å²) in [6.07, 6.45) is 3.87. The number of hydrogen-bond donors (Lipinski definition) is 2. The molecule has 0 fully saturated rings. The maximum Gasteiger partial charge on any atom is 0.0730 e. The molecule has 0 saturated carbocycles. The zero-order valence-corrected chi connectivity index (χ0v) is 10.7. The molecular weight excluding hydrogens is 264 g/mol. The SMILES string of the molecule is CCn1ncc(Br)c1C(CSC)NN. The number of nitrogens with one attached hydrogen (secondary N) is 1. The first kappa shape index (κ1) is 12.0. The van der Waals surface area contributed by atoms with Crippen molar-refractivity contribution in [2.45, 2.75) is 19.5 Å². The van der Waals surface area contributed by atoms with E-state index >= 15 is 0 Å². The number of nitrogens with two attached hydrogens (primary N) is 1. The number of halogens is 1. The Bertz CT molecular complexity index is 289. The van der Waals surface area contributed by atoms with Crippen LogP contribution >= 0.6 is 27.7 Å². The summed E-state index contributed by atoms with van der Waals surface area (Å²) in [5, 5.41) is 4.25. The molecule has 1 atom stereocenters. The molecule has 1 heterocycles. The summed E-state index contributed by atoms with van der Waals surface area (Å²) in [5.74, 6) is 6.45. The van der Waals surface area contributed by atoms with E-state index in [1.807, 2.05) is 10.9 Å². The molecule has 1 aromatic heterocycles. The van der Waals surface area contributed by atoms with Gasteiger partial charge in [-0.25, -0.2) is 0 Å². The maximum atomic E-state index is 5.52. The lowest BCUT2D eigenvalue weighted by atomic mass is 10.2. The Balaban J connectivity index is 2.94. The number of rotatable bonds is 5. The van der Waals surface area contributed by atoms with E-state index in [1.54, 1.807) is 11.8 Å². The number of hydrogen-bond acceptors (Lipinski definition) is 4. The fraction of sp³-hybridized carbons (Fsp3) is 0.625. The minimum atomic E-state index is 0.141. The number of thioether (sulfide) groups is 1. The summed E-state index contributed by atoms with van der Waals surface area (Å²) in [7, 11) is 0. The van der Waals surface area contributed by atoms with Crippen LogP contribution in [0.25, 0.3) is 0 Å². The molecule has 0 aliphatic carbocycles. The third-order valence-electron chi connectivity index (χ3n) is 2.00. The van der Waals surface area contributed by atoms with Crippen molar-refractivity contribution in [2.75, 3.05) is 12.0 Å². The molecular formula is C8H15BrN4S. The highest BCUT2D eigenvalue weighted by atomic mass is 79.9. The zero-order chi connectivity index (χ0) is 10.6. The van der Waals surface area contributed by atoms with Gasteiger partial charge in [0.05, 0.1) is 22.4 Å². The lowest BCUT2D eigenvalue weighted by molar-refractivity contribution is 0.526. The molecule has 14 heavy (non-hydrogen) atoms. The number of nitrogens with zero attached hydrogens (tertiary/aromatic N) is 2. The summed E-state index contributed by atoms with van der Waals surface area (Å²) in [6, 6.07) is 0.141. The van der Waals surface area contributed by atoms with Gasteiger partial charge < -0.3 is 0 Å². The minimum Gasteiger partial charge on any atom is -0.271 e. The molecule has 0 bridgehead atoms. The van der Waals surface area contributed by atoms with Crippen LogP contribution in [0, 0.1) is 0 Å². The monoisotopic (exact) mass is 278 g/mol. The van der Waals surface area contributed by atoms with Gasteiger partial charge in [0, 0.05) is 12.3 Å². The molecule has 1 rings (SSSR count). The minimum absolute atomic E-state index is 0.141. The molecule has 0 amide bonds. The fourth-order valence-corrected chi connectivity index (χ4v) is 2.50. The van der Waals surface area contributed by atoms with Crippen LogP contribution in [0.2, 0.25) is 0 Å². The van der Waals surface area contributed by atoms with Crippen molar-refractivity contribution in [1.82, 2.24) is 15.2 Å². The first-order valence-corrected chi connectivity index (χ1v) is 6.59. The molecule has 0 aromatic carbocycles. The van der Waals surface area contributed by atoms with Gasteiger partial charge in [-0.2, -0.15) is 16.9 Å². The Morgan fingerprint density at radius 2 is 2.50 bits per heavy atom. The van der Waals surface area contributed by atoms with Crippen LogP contribution in [0.4, 0.5) is 0 Å². The van der Waals surface area contributed by atoms with Crippen molar-refractivity contribution in [1.29, 1.82) is 0 Å². The molecule has 0 aliphatic rings. The quantitative estimate of drug-likeness (QED) is 0.634. The second-order valence-corrected chi connectivity index (χ2v) is 4.63. The van der Waals surface area contributed by atoms with Crippen LogP contribution in [0.3, 0.4) is 0 Å². The summed E-state index contributed by atoms with van der Waals surface area (Å²) < 4.78 is 2.96. The Hall–Kier alpha value is -0.0400. The normalized spacial score (nSPS) is 13.1. The zero-order valence-electron chi connectivity index (χ0n) is 8.33. The molecule has 0 saturated heterocycles. The summed E-state index contributed by atoms with van der Waals surface area (Å²) in [5.41, 5.74) is 3.92. The molecule has 1 unspecified atom stereocenters. The maximum absolute atomic E-state index is 5.52. The Morgan fingerprint density at radius 1 is 1.79 bits per heavy atom. The molecule has 4 nitrogen and oxygen atoms in total. The fourth-order valence-electron chi connectivity index (χ4n) is 1.34. The topological polar surface area (TPSA) is 55.9 Å². The highest BCUT2D eigenvalue weighted by molar-refractivity contribution is 9.10. The van der Waals surface area contributed by atoms with Crippen molar-refractivity contribution >= 4 is 27.7 Å². The smallest absolute Gasteiger partial charge is 0.0730 e. The van der Waals surface area contributed by atoms with E-state index in [4.69, 9.17) is 5.84 Å². The van der Waals surface area contributed by atoms with Gasteiger partial charge in [0.2, 0.25) is 0 Å². The number of aromatic nitrogens is 2. The molecule has 0 radical (unpaired) electrons. The van der Waals surface area contributed by atoms with Gasteiger partial charge >= 0.3 is 0 Å². The summed E-state index contributed by atoms with van der Waals surface area (Å²) in [4.78, 5) is 0. The molecule has 6 heteroatoms. The first-order valence-electron chi connectivity index (χ1n) is 4.40. The Labute approximate surface area is 96.7 Å². The Kier molecular flexibility index (Phi) is 4.94. The van der Waals surface area contributed by atoms with Crippen molar-refractivity contribution in [3.05, 3.63) is 16.4 Å². The van der Waals surface area contributed by atoms with Crippen LogP contribution < -0.4 is 11.3 Å². The van der Waals surface area contributed by atoms with E-state index < -0.39 is 0 Å². The highest BCUT2D eigenvalue weighted by Crippen LogP contribution is 2.24. The van der Waals surface area contributed by atoms with Crippen LogP contribution in [0.15, 0.2) is 10.7 Å². The van der Waals surface area contributed by atoms with E-state index in [0.717, 1.165) is 22.5 Å². The predicted molar refractivity (Wildman–Crippen MR) is 64.0 cm³/mol. The molecule has 0 spiro atoms. The van der Waals surface area contributed by atoms with E-state index in [0.29, 0.717) is 0 Å². The molecule has 3 N–H and O–H groups in total. The van der Waals surface area contributed by atoms with Gasteiger partial charge in [-0.05, 0) is 29.1 Å². The predicted octanol–water partition coefficient (Wildman–Crippen LogP) is 1.53. The Morgan fingerprint density at radius 3 is 3.00 bits per heavy atom. The van der Waals surface area contributed by atoms with E-state index in [1.165, 1.54) is 0 Å². The average Bonchev–Trinajstić information content (AvgIpc) is 2.56. The van der Waals surface area contributed by atoms with Gasteiger partial charge in [0.25, 0.3) is 0 Å². The van der Waals surface area contributed by atoms with Crippen molar-refractivity contribution < 1.29 is 0 Å². The number of hydrazine groups is 1. The van der Waals surface area contributed by atoms with Crippen molar-refractivity contribution in [3.8, 4) is 0 Å². The van der Waals surface area contributed by atoms with Crippen molar-refractivity contribution in [3.63, 3.8) is 0 Å². The van der Waals surface area contributed by atoms with Crippen LogP contribution in [0.1, 0.15) is 18.7 Å². The second-order valence-electron chi connectivity index (χ2n) is 2.87. The van der Waals surface area contributed by atoms with E-state index in [-0.39, 0.29) is 6.04 Å². The molecule has 1 aromatic rings. The standard InChI is InChI=1S/C8H15BrN4S/c1-3-13-8(6(9)4-11-13)7(12-10)5-14-2/h4,7,12H,3,5,10H2,1-2H3. The highest BCUT2D eigenvalue weighted by Gasteiger charge is 2.17. The van der Waals surface area contributed by atoms with Gasteiger partial charge in [0.1, 0.15) is 0 Å². The molecule has 0 aliphatic heterocycles. The van der Waals surface area contributed by atoms with E-state index in [9.17, 15) is 0 Å². The molecule has 80 valence electrons. The van der Waals surface area contributed by atoms with Gasteiger partial charge in [0.15, 0.2) is 0 Å². The lowest BCUT2D eigenvalue weighted by Crippen LogP contribution is -2.31.